The highest BCUT2D eigenvalue weighted by Gasteiger charge is 2.12. The average Bonchev–Trinajstić information content (AvgIpc) is 2.26. The maximum absolute atomic E-state index is 10.9. The van der Waals surface area contributed by atoms with Gasteiger partial charge in [-0.3, -0.25) is 0 Å². The number of carbonyl (C=O) groups is 1. The van der Waals surface area contributed by atoms with E-state index >= 15 is 0 Å². The molecular formula is C10H20O5. The Morgan fingerprint density at radius 1 is 1.13 bits per heavy atom. The molecule has 0 aromatic carbocycles. The number of esters is 1. The molecule has 15 heavy (non-hydrogen) atoms. The first-order chi connectivity index (χ1) is 7.22. The smallest absolute Gasteiger partial charge is 0.334 e. The van der Waals surface area contributed by atoms with E-state index in [1.807, 2.05) is 0 Å². The van der Waals surface area contributed by atoms with Crippen molar-refractivity contribution in [1.82, 2.24) is 0 Å². The van der Waals surface area contributed by atoms with E-state index in [1.54, 1.807) is 14.0 Å². The van der Waals surface area contributed by atoms with Gasteiger partial charge in [0, 0.05) is 20.3 Å². The Bertz CT molecular complexity index is 160. The lowest BCUT2D eigenvalue weighted by Crippen LogP contribution is -2.22. The van der Waals surface area contributed by atoms with Crippen LogP contribution in [-0.2, 0) is 23.7 Å². The van der Waals surface area contributed by atoms with Crippen LogP contribution in [0.3, 0.4) is 0 Å². The van der Waals surface area contributed by atoms with Crippen molar-refractivity contribution >= 4 is 5.97 Å². The van der Waals surface area contributed by atoms with Crippen molar-refractivity contribution in [3.05, 3.63) is 0 Å². The standard InChI is InChI=1S/C10H20O5/c1-9(10(11)13-3)15-6-4-5-14-8-7-12-2/h9H,4-8H2,1-3H3/t9-/m0/s1. The molecule has 90 valence electrons. The third kappa shape index (κ3) is 8.35. The van der Waals surface area contributed by atoms with Gasteiger partial charge in [0.1, 0.15) is 0 Å². The van der Waals surface area contributed by atoms with Gasteiger partial charge >= 0.3 is 5.97 Å². The summed E-state index contributed by atoms with van der Waals surface area (Å²) in [6.45, 7) is 3.95. The number of ether oxygens (including phenoxy) is 4. The molecule has 0 saturated heterocycles. The monoisotopic (exact) mass is 220 g/mol. The topological polar surface area (TPSA) is 54.0 Å². The summed E-state index contributed by atoms with van der Waals surface area (Å²) in [6.07, 6.45) is 0.249. The Kier molecular flexibility index (Phi) is 9.46. The molecule has 0 N–H and O–H groups in total. The van der Waals surface area contributed by atoms with Crippen LogP contribution in [-0.4, -0.2) is 52.7 Å². The molecule has 5 nitrogen and oxygen atoms in total. The van der Waals surface area contributed by atoms with Gasteiger partial charge in [0.15, 0.2) is 6.10 Å². The van der Waals surface area contributed by atoms with E-state index in [9.17, 15) is 4.79 Å². The molecule has 0 unspecified atom stereocenters. The van der Waals surface area contributed by atoms with E-state index in [2.05, 4.69) is 4.74 Å². The van der Waals surface area contributed by atoms with Crippen LogP contribution in [0.15, 0.2) is 0 Å². The van der Waals surface area contributed by atoms with Crippen molar-refractivity contribution in [3.8, 4) is 0 Å². The van der Waals surface area contributed by atoms with Crippen molar-refractivity contribution in [2.24, 2.45) is 0 Å². The molecule has 0 aromatic rings. The second-order valence-electron chi connectivity index (χ2n) is 2.99. The predicted octanol–water partition coefficient (Wildman–Crippen LogP) is 0.618. The van der Waals surface area contributed by atoms with Gasteiger partial charge in [-0.05, 0) is 13.3 Å². The molecule has 0 amide bonds. The van der Waals surface area contributed by atoms with Crippen molar-refractivity contribution in [2.45, 2.75) is 19.4 Å². The van der Waals surface area contributed by atoms with E-state index in [-0.39, 0.29) is 5.97 Å². The van der Waals surface area contributed by atoms with Gasteiger partial charge in [-0.25, -0.2) is 4.79 Å². The molecule has 0 aromatic heterocycles. The van der Waals surface area contributed by atoms with Crippen LogP contribution in [0, 0.1) is 0 Å². The first-order valence-corrected chi connectivity index (χ1v) is 4.98. The molecule has 0 heterocycles. The first kappa shape index (κ1) is 14.3. The predicted molar refractivity (Wildman–Crippen MR) is 54.7 cm³/mol. The molecule has 5 heteroatoms. The minimum absolute atomic E-state index is 0.352. The number of hydrogen-bond donors (Lipinski definition) is 0. The minimum Gasteiger partial charge on any atom is -0.467 e. The molecule has 0 aliphatic carbocycles. The Morgan fingerprint density at radius 2 is 1.87 bits per heavy atom. The van der Waals surface area contributed by atoms with Crippen LogP contribution in [0.4, 0.5) is 0 Å². The van der Waals surface area contributed by atoms with E-state index < -0.39 is 6.10 Å². The zero-order chi connectivity index (χ0) is 11.5. The molecule has 1 atom stereocenters. The summed E-state index contributed by atoms with van der Waals surface area (Å²) in [5.41, 5.74) is 0. The van der Waals surface area contributed by atoms with Gasteiger partial charge in [-0.1, -0.05) is 0 Å². The highest BCUT2D eigenvalue weighted by molar-refractivity contribution is 5.73. The zero-order valence-corrected chi connectivity index (χ0v) is 9.65. The van der Waals surface area contributed by atoms with Crippen LogP contribution in [0.2, 0.25) is 0 Å². The highest BCUT2D eigenvalue weighted by atomic mass is 16.6. The summed E-state index contributed by atoms with van der Waals surface area (Å²) in [6, 6.07) is 0. The zero-order valence-electron chi connectivity index (χ0n) is 9.65. The second-order valence-corrected chi connectivity index (χ2v) is 2.99. The summed E-state index contributed by atoms with van der Waals surface area (Å²) in [5.74, 6) is -0.352. The van der Waals surface area contributed by atoms with Crippen molar-refractivity contribution < 1.29 is 23.7 Å². The van der Waals surface area contributed by atoms with Gasteiger partial charge < -0.3 is 18.9 Å². The molecular weight excluding hydrogens is 200 g/mol. The third-order valence-corrected chi connectivity index (χ3v) is 1.77. The third-order valence-electron chi connectivity index (χ3n) is 1.77. The lowest BCUT2D eigenvalue weighted by Gasteiger charge is -2.10. The minimum atomic E-state index is -0.506. The van der Waals surface area contributed by atoms with Crippen molar-refractivity contribution in [1.29, 1.82) is 0 Å². The van der Waals surface area contributed by atoms with E-state index in [0.717, 1.165) is 6.42 Å². The summed E-state index contributed by atoms with van der Waals surface area (Å²) in [4.78, 5) is 10.9. The number of rotatable bonds is 9. The average molecular weight is 220 g/mol. The largest absolute Gasteiger partial charge is 0.467 e. The van der Waals surface area contributed by atoms with Crippen molar-refractivity contribution in [2.75, 3.05) is 40.6 Å². The van der Waals surface area contributed by atoms with Gasteiger partial charge in [-0.15, -0.1) is 0 Å². The first-order valence-electron chi connectivity index (χ1n) is 4.98. The lowest BCUT2D eigenvalue weighted by molar-refractivity contribution is -0.153. The Labute approximate surface area is 90.6 Å². The summed E-state index contributed by atoms with van der Waals surface area (Å²) in [7, 11) is 2.97. The molecule has 0 aliphatic heterocycles. The molecule has 0 spiro atoms. The Balaban J connectivity index is 3.20. The van der Waals surface area contributed by atoms with Crippen LogP contribution in [0.1, 0.15) is 13.3 Å². The van der Waals surface area contributed by atoms with Gasteiger partial charge in [0.05, 0.1) is 20.3 Å². The van der Waals surface area contributed by atoms with Gasteiger partial charge in [-0.2, -0.15) is 0 Å². The molecule has 0 aliphatic rings. The molecule has 0 fully saturated rings. The summed E-state index contributed by atoms with van der Waals surface area (Å²) in [5, 5.41) is 0. The summed E-state index contributed by atoms with van der Waals surface area (Å²) < 4.78 is 19.8. The number of hydrogen-bond acceptors (Lipinski definition) is 5. The van der Waals surface area contributed by atoms with Crippen LogP contribution < -0.4 is 0 Å². The SMILES string of the molecule is COCCOCCCO[C@@H](C)C(=O)OC. The Hall–Kier alpha value is -0.650. The molecule has 0 bridgehead atoms. The number of carbonyl (C=O) groups excluding carboxylic acids is 1. The normalized spacial score (nSPS) is 12.5. The van der Waals surface area contributed by atoms with Gasteiger partial charge in [0.2, 0.25) is 0 Å². The fraction of sp³-hybridized carbons (Fsp3) is 0.900. The van der Waals surface area contributed by atoms with Crippen LogP contribution in [0.25, 0.3) is 0 Å². The number of methoxy groups -OCH3 is 2. The maximum atomic E-state index is 10.9. The molecule has 0 rings (SSSR count). The Morgan fingerprint density at radius 3 is 2.47 bits per heavy atom. The van der Waals surface area contributed by atoms with Gasteiger partial charge in [0.25, 0.3) is 0 Å². The van der Waals surface area contributed by atoms with E-state index in [0.29, 0.717) is 26.4 Å². The maximum Gasteiger partial charge on any atom is 0.334 e. The fourth-order valence-electron chi connectivity index (χ4n) is 0.899. The van der Waals surface area contributed by atoms with E-state index in [4.69, 9.17) is 14.2 Å². The fourth-order valence-corrected chi connectivity index (χ4v) is 0.899. The van der Waals surface area contributed by atoms with Crippen LogP contribution >= 0.6 is 0 Å². The van der Waals surface area contributed by atoms with Crippen molar-refractivity contribution in [3.63, 3.8) is 0 Å². The summed E-state index contributed by atoms with van der Waals surface area (Å²) >= 11 is 0. The molecule has 0 saturated carbocycles. The second kappa shape index (κ2) is 9.89. The van der Waals surface area contributed by atoms with Crippen LogP contribution in [0.5, 0.6) is 0 Å². The van der Waals surface area contributed by atoms with E-state index in [1.165, 1.54) is 7.11 Å². The quantitative estimate of drug-likeness (QED) is 0.421. The lowest BCUT2D eigenvalue weighted by atomic mass is 10.4. The molecule has 0 radical (unpaired) electrons. The highest BCUT2D eigenvalue weighted by Crippen LogP contribution is 1.95.